The Labute approximate surface area is 159 Å². The number of thiocarbonyl (C=S) groups is 1. The third-order valence-corrected chi connectivity index (χ3v) is 4.99. The maximum atomic E-state index is 12.5. The van der Waals surface area contributed by atoms with Crippen molar-refractivity contribution in [2.75, 3.05) is 13.2 Å². The van der Waals surface area contributed by atoms with E-state index in [1.165, 1.54) is 11.8 Å². The van der Waals surface area contributed by atoms with Crippen molar-refractivity contribution in [3.63, 3.8) is 0 Å². The fraction of sp³-hybridized carbons (Fsp3) is 0.474. The molecule has 0 unspecified atom stereocenters. The summed E-state index contributed by atoms with van der Waals surface area (Å²) in [5.74, 6) is 1.40. The molecular formula is C19H25NO3S2. The van der Waals surface area contributed by atoms with Gasteiger partial charge in [0.05, 0.1) is 18.1 Å². The molecule has 1 saturated heterocycles. The molecule has 1 heterocycles. The molecule has 2 rings (SSSR count). The SMILES string of the molecule is CCCCOc1ccc(/C=C2\SC(=S)N(C(C)C)C2=O)cc1OCC. The lowest BCUT2D eigenvalue weighted by Crippen LogP contribution is -2.34. The molecule has 136 valence electrons. The zero-order valence-electron chi connectivity index (χ0n) is 15.2. The summed E-state index contributed by atoms with van der Waals surface area (Å²) in [6, 6.07) is 5.81. The average molecular weight is 380 g/mol. The van der Waals surface area contributed by atoms with Crippen molar-refractivity contribution in [3.8, 4) is 11.5 Å². The lowest BCUT2D eigenvalue weighted by Gasteiger charge is -2.18. The highest BCUT2D eigenvalue weighted by Crippen LogP contribution is 2.35. The van der Waals surface area contributed by atoms with E-state index in [0.717, 1.165) is 24.2 Å². The number of unbranched alkanes of at least 4 members (excludes halogenated alkanes) is 1. The van der Waals surface area contributed by atoms with E-state index in [1.807, 2.05) is 45.0 Å². The molecule has 0 aliphatic carbocycles. The van der Waals surface area contributed by atoms with Crippen LogP contribution in [0.3, 0.4) is 0 Å². The molecule has 1 aromatic carbocycles. The van der Waals surface area contributed by atoms with Gasteiger partial charge >= 0.3 is 0 Å². The van der Waals surface area contributed by atoms with Crippen LogP contribution < -0.4 is 9.47 Å². The molecule has 0 spiro atoms. The van der Waals surface area contributed by atoms with E-state index in [4.69, 9.17) is 21.7 Å². The van der Waals surface area contributed by atoms with Crippen molar-refractivity contribution in [1.82, 2.24) is 4.90 Å². The van der Waals surface area contributed by atoms with Crippen LogP contribution in [0.5, 0.6) is 11.5 Å². The molecule has 4 nitrogen and oxygen atoms in total. The first-order chi connectivity index (χ1) is 12.0. The number of nitrogens with zero attached hydrogens (tertiary/aromatic N) is 1. The molecule has 1 aromatic rings. The molecule has 0 atom stereocenters. The molecule has 1 aliphatic rings. The summed E-state index contributed by atoms with van der Waals surface area (Å²) in [6.45, 7) is 9.22. The van der Waals surface area contributed by atoms with E-state index in [-0.39, 0.29) is 11.9 Å². The lowest BCUT2D eigenvalue weighted by molar-refractivity contribution is -0.123. The Hall–Kier alpha value is -1.53. The third kappa shape index (κ3) is 4.98. The van der Waals surface area contributed by atoms with Gasteiger partial charge in [0.25, 0.3) is 5.91 Å². The van der Waals surface area contributed by atoms with Gasteiger partial charge in [0.15, 0.2) is 11.5 Å². The summed E-state index contributed by atoms with van der Waals surface area (Å²) in [5.41, 5.74) is 0.899. The largest absolute Gasteiger partial charge is 0.490 e. The van der Waals surface area contributed by atoms with Crippen molar-refractivity contribution in [2.45, 2.75) is 46.6 Å². The van der Waals surface area contributed by atoms with Crippen molar-refractivity contribution in [1.29, 1.82) is 0 Å². The van der Waals surface area contributed by atoms with Crippen molar-refractivity contribution >= 4 is 40.3 Å². The zero-order chi connectivity index (χ0) is 18.4. The topological polar surface area (TPSA) is 38.8 Å². The van der Waals surface area contributed by atoms with E-state index in [2.05, 4.69) is 6.92 Å². The second kappa shape index (κ2) is 9.25. The first-order valence-electron chi connectivity index (χ1n) is 8.64. The van der Waals surface area contributed by atoms with Crippen LogP contribution in [-0.2, 0) is 4.79 Å². The van der Waals surface area contributed by atoms with Gasteiger partial charge in [0.1, 0.15) is 4.32 Å². The smallest absolute Gasteiger partial charge is 0.266 e. The molecule has 0 aromatic heterocycles. The van der Waals surface area contributed by atoms with E-state index in [1.54, 1.807) is 4.90 Å². The van der Waals surface area contributed by atoms with Crippen LogP contribution in [0.4, 0.5) is 0 Å². The van der Waals surface area contributed by atoms with Gasteiger partial charge in [-0.25, -0.2) is 0 Å². The van der Waals surface area contributed by atoms with Gasteiger partial charge < -0.3 is 9.47 Å². The molecule has 1 amide bonds. The molecule has 0 saturated carbocycles. The van der Waals surface area contributed by atoms with E-state index in [9.17, 15) is 4.79 Å². The Morgan fingerprint density at radius 2 is 2.00 bits per heavy atom. The highest BCUT2D eigenvalue weighted by Gasteiger charge is 2.33. The second-order valence-corrected chi connectivity index (χ2v) is 7.66. The van der Waals surface area contributed by atoms with Crippen LogP contribution in [-0.4, -0.2) is 34.4 Å². The summed E-state index contributed by atoms with van der Waals surface area (Å²) < 4.78 is 12.1. The predicted molar refractivity (Wildman–Crippen MR) is 108 cm³/mol. The van der Waals surface area contributed by atoms with Crippen LogP contribution in [0.2, 0.25) is 0 Å². The number of ether oxygens (including phenoxy) is 2. The Balaban J connectivity index is 2.23. The second-order valence-electron chi connectivity index (χ2n) is 5.99. The van der Waals surface area contributed by atoms with Crippen molar-refractivity contribution in [2.24, 2.45) is 0 Å². The predicted octanol–water partition coefficient (Wildman–Crippen LogP) is 4.87. The van der Waals surface area contributed by atoms with Gasteiger partial charge in [-0.2, -0.15) is 0 Å². The standard InChI is InChI=1S/C19H25NO3S2/c1-5-7-10-23-15-9-8-14(11-16(15)22-6-2)12-17-18(21)20(13(3)4)19(24)25-17/h8-9,11-13H,5-7,10H2,1-4H3/b17-12-. The Morgan fingerprint density at radius 3 is 2.60 bits per heavy atom. The number of carbonyl (C=O) groups excluding carboxylic acids is 1. The molecule has 6 heteroatoms. The molecule has 0 N–H and O–H groups in total. The third-order valence-electron chi connectivity index (χ3n) is 3.66. The highest BCUT2D eigenvalue weighted by atomic mass is 32.2. The number of benzene rings is 1. The van der Waals surface area contributed by atoms with Gasteiger partial charge in [0, 0.05) is 6.04 Å². The number of rotatable bonds is 8. The van der Waals surface area contributed by atoms with E-state index < -0.39 is 0 Å². The maximum Gasteiger partial charge on any atom is 0.266 e. The average Bonchev–Trinajstić information content (AvgIpc) is 2.84. The Bertz CT molecular complexity index is 671. The summed E-state index contributed by atoms with van der Waals surface area (Å²) in [4.78, 5) is 14.8. The molecule has 1 aliphatic heterocycles. The first kappa shape index (κ1) is 19.8. The number of amides is 1. The molecular weight excluding hydrogens is 354 g/mol. The van der Waals surface area contributed by atoms with Gasteiger partial charge in [-0.05, 0) is 51.0 Å². The number of thioether (sulfide) groups is 1. The fourth-order valence-corrected chi connectivity index (χ4v) is 3.93. The van der Waals surface area contributed by atoms with Crippen molar-refractivity contribution in [3.05, 3.63) is 28.7 Å². The van der Waals surface area contributed by atoms with Crippen LogP contribution in [0.25, 0.3) is 6.08 Å². The summed E-state index contributed by atoms with van der Waals surface area (Å²) in [7, 11) is 0. The van der Waals surface area contributed by atoms with Gasteiger partial charge in [-0.15, -0.1) is 0 Å². The van der Waals surface area contributed by atoms with Gasteiger partial charge in [-0.1, -0.05) is 43.4 Å². The minimum absolute atomic E-state index is 0.0359. The normalized spacial score (nSPS) is 16.2. The van der Waals surface area contributed by atoms with Crippen LogP contribution in [0.15, 0.2) is 23.1 Å². The Morgan fingerprint density at radius 1 is 1.24 bits per heavy atom. The lowest BCUT2D eigenvalue weighted by atomic mass is 10.1. The van der Waals surface area contributed by atoms with E-state index in [0.29, 0.717) is 28.2 Å². The number of carbonyl (C=O) groups is 1. The van der Waals surface area contributed by atoms with Crippen LogP contribution in [0.1, 0.15) is 46.1 Å². The van der Waals surface area contributed by atoms with Crippen LogP contribution >= 0.6 is 24.0 Å². The monoisotopic (exact) mass is 379 g/mol. The van der Waals surface area contributed by atoms with Gasteiger partial charge in [-0.3, -0.25) is 9.69 Å². The molecule has 0 bridgehead atoms. The minimum Gasteiger partial charge on any atom is -0.490 e. The summed E-state index contributed by atoms with van der Waals surface area (Å²) in [5, 5.41) is 0. The fourth-order valence-electron chi connectivity index (χ4n) is 2.40. The number of hydrogen-bond acceptors (Lipinski definition) is 5. The first-order valence-corrected chi connectivity index (χ1v) is 9.87. The van der Waals surface area contributed by atoms with Crippen molar-refractivity contribution < 1.29 is 14.3 Å². The molecule has 25 heavy (non-hydrogen) atoms. The quantitative estimate of drug-likeness (QED) is 0.366. The van der Waals surface area contributed by atoms with E-state index >= 15 is 0 Å². The van der Waals surface area contributed by atoms with Gasteiger partial charge in [0.2, 0.25) is 0 Å². The highest BCUT2D eigenvalue weighted by molar-refractivity contribution is 8.26. The summed E-state index contributed by atoms with van der Waals surface area (Å²) in [6.07, 6.45) is 3.95. The van der Waals surface area contributed by atoms with Crippen LogP contribution in [0, 0.1) is 0 Å². The maximum absolute atomic E-state index is 12.5. The minimum atomic E-state index is -0.0359. The Kier molecular flexibility index (Phi) is 7.32. The number of hydrogen-bond donors (Lipinski definition) is 0. The zero-order valence-corrected chi connectivity index (χ0v) is 16.8. The molecule has 0 radical (unpaired) electrons. The molecule has 1 fully saturated rings. The summed E-state index contributed by atoms with van der Waals surface area (Å²) >= 11 is 6.66.